The van der Waals surface area contributed by atoms with Gasteiger partial charge in [-0.05, 0) is 64.3 Å². The molecule has 1 aromatic rings. The maximum atomic E-state index is 3.55. The van der Waals surface area contributed by atoms with Crippen molar-refractivity contribution in [3.05, 3.63) is 21.4 Å². The van der Waals surface area contributed by atoms with Crippen molar-refractivity contribution in [2.24, 2.45) is 5.92 Å². The molecule has 0 unspecified atom stereocenters. The Hall–Kier alpha value is -0.380. The molecule has 3 heteroatoms. The van der Waals surface area contributed by atoms with Gasteiger partial charge in [0.2, 0.25) is 0 Å². The summed E-state index contributed by atoms with van der Waals surface area (Å²) in [4.78, 5) is 5.62. The minimum atomic E-state index is 0.379. The topological polar surface area (TPSA) is 15.3 Å². The van der Waals surface area contributed by atoms with Crippen LogP contribution in [0.25, 0.3) is 0 Å². The zero-order chi connectivity index (χ0) is 14.8. The van der Waals surface area contributed by atoms with E-state index in [9.17, 15) is 0 Å². The fourth-order valence-corrected chi connectivity index (χ4v) is 4.00. The molecule has 0 bridgehead atoms. The van der Waals surface area contributed by atoms with Crippen LogP contribution in [-0.4, -0.2) is 23.5 Å². The van der Waals surface area contributed by atoms with Crippen LogP contribution in [0.5, 0.6) is 0 Å². The molecule has 1 aliphatic rings. The lowest BCUT2D eigenvalue weighted by Gasteiger charge is -2.31. The van der Waals surface area contributed by atoms with Gasteiger partial charge in [-0.3, -0.25) is 4.90 Å². The first kappa shape index (κ1) is 16.0. The van der Waals surface area contributed by atoms with Crippen LogP contribution in [0.3, 0.4) is 0 Å². The highest BCUT2D eigenvalue weighted by molar-refractivity contribution is 7.12. The molecule has 2 rings (SSSR count). The van der Waals surface area contributed by atoms with Gasteiger partial charge in [0.05, 0.1) is 0 Å². The van der Waals surface area contributed by atoms with Crippen LogP contribution < -0.4 is 5.32 Å². The van der Waals surface area contributed by atoms with E-state index < -0.39 is 0 Å². The van der Waals surface area contributed by atoms with Crippen molar-refractivity contribution in [1.29, 1.82) is 0 Å². The molecule has 1 saturated heterocycles. The van der Waals surface area contributed by atoms with Crippen LogP contribution in [0.2, 0.25) is 0 Å². The normalized spacial score (nSPS) is 19.1. The summed E-state index contributed by atoms with van der Waals surface area (Å²) in [5.74, 6) is 0.723. The fourth-order valence-electron chi connectivity index (χ4n) is 2.98. The van der Waals surface area contributed by atoms with Gasteiger partial charge >= 0.3 is 0 Å². The molecule has 0 atom stereocenters. The minimum absolute atomic E-state index is 0.379. The maximum absolute atomic E-state index is 3.55. The number of rotatable bonds is 6. The highest BCUT2D eigenvalue weighted by Gasteiger charge is 2.31. The second-order valence-corrected chi connectivity index (χ2v) is 8.50. The van der Waals surface area contributed by atoms with Gasteiger partial charge in [0.25, 0.3) is 0 Å². The summed E-state index contributed by atoms with van der Waals surface area (Å²) >= 11 is 1.96. The van der Waals surface area contributed by atoms with Crippen LogP contribution in [0.1, 0.15) is 55.9 Å². The van der Waals surface area contributed by atoms with Gasteiger partial charge in [-0.25, -0.2) is 0 Å². The van der Waals surface area contributed by atoms with Crippen LogP contribution in [0, 0.1) is 12.8 Å². The molecule has 0 aromatic carbocycles. The molecule has 20 heavy (non-hydrogen) atoms. The molecule has 0 amide bonds. The number of nitrogens with zero attached hydrogens (tertiary/aromatic N) is 1. The first-order valence-corrected chi connectivity index (χ1v) is 8.74. The van der Waals surface area contributed by atoms with Gasteiger partial charge in [-0.15, -0.1) is 11.3 Å². The number of likely N-dealkylation sites (tertiary alicyclic amines) is 1. The van der Waals surface area contributed by atoms with Crippen LogP contribution >= 0.6 is 11.3 Å². The van der Waals surface area contributed by atoms with Crippen molar-refractivity contribution in [1.82, 2.24) is 10.2 Å². The van der Waals surface area contributed by atoms with Crippen molar-refractivity contribution < 1.29 is 0 Å². The average molecular weight is 295 g/mol. The van der Waals surface area contributed by atoms with Gasteiger partial charge in [0.1, 0.15) is 0 Å². The number of thiophene rings is 1. The molecule has 0 saturated carbocycles. The number of hydrogen-bond donors (Lipinski definition) is 1. The van der Waals surface area contributed by atoms with Gasteiger partial charge in [0, 0.05) is 28.4 Å². The number of hydrogen-bond acceptors (Lipinski definition) is 3. The molecule has 1 aliphatic heterocycles. The Bertz CT molecular complexity index is 434. The SMILES string of the molecule is Cc1sc(CNCC(C)C)cc1CN1CCCC1(C)C. The van der Waals surface area contributed by atoms with Crippen LogP contribution in [0.15, 0.2) is 6.07 Å². The van der Waals surface area contributed by atoms with Gasteiger partial charge in [-0.2, -0.15) is 0 Å². The Balaban J connectivity index is 1.94. The first-order valence-electron chi connectivity index (χ1n) is 7.92. The van der Waals surface area contributed by atoms with E-state index in [2.05, 4.69) is 50.9 Å². The van der Waals surface area contributed by atoms with E-state index in [1.165, 1.54) is 34.7 Å². The van der Waals surface area contributed by atoms with Gasteiger partial charge in [0.15, 0.2) is 0 Å². The lowest BCUT2D eigenvalue weighted by atomic mass is 10.0. The van der Waals surface area contributed by atoms with Crippen molar-refractivity contribution in [2.45, 2.75) is 66.1 Å². The zero-order valence-corrected chi connectivity index (χ0v) is 14.6. The lowest BCUT2D eigenvalue weighted by Crippen LogP contribution is -2.37. The monoisotopic (exact) mass is 294 g/mol. The maximum Gasteiger partial charge on any atom is 0.0300 e. The third-order valence-electron chi connectivity index (χ3n) is 4.36. The number of nitrogens with one attached hydrogen (secondary N) is 1. The minimum Gasteiger partial charge on any atom is -0.312 e. The Morgan fingerprint density at radius 2 is 2.15 bits per heavy atom. The summed E-state index contributed by atoms with van der Waals surface area (Å²) in [5, 5.41) is 3.55. The van der Waals surface area contributed by atoms with Crippen molar-refractivity contribution in [2.75, 3.05) is 13.1 Å². The number of aryl methyl sites for hydroxylation is 1. The Kier molecular flexibility index (Phi) is 5.27. The van der Waals surface area contributed by atoms with Crippen molar-refractivity contribution >= 4 is 11.3 Å². The van der Waals surface area contributed by atoms with Crippen molar-refractivity contribution in [3.8, 4) is 0 Å². The summed E-state index contributed by atoms with van der Waals surface area (Å²) in [5.41, 5.74) is 1.91. The highest BCUT2D eigenvalue weighted by atomic mass is 32.1. The molecule has 1 fully saturated rings. The molecule has 2 heterocycles. The molecule has 0 aliphatic carbocycles. The van der Waals surface area contributed by atoms with E-state index >= 15 is 0 Å². The standard InChI is InChI=1S/C17H30N2S/c1-13(2)10-18-11-16-9-15(14(3)20-16)12-19-8-6-7-17(19,4)5/h9,13,18H,6-8,10-12H2,1-5H3. The van der Waals surface area contributed by atoms with E-state index in [0.29, 0.717) is 5.54 Å². The fraction of sp³-hybridized carbons (Fsp3) is 0.765. The largest absolute Gasteiger partial charge is 0.312 e. The quantitative estimate of drug-likeness (QED) is 0.847. The van der Waals surface area contributed by atoms with E-state index in [4.69, 9.17) is 0 Å². The Labute approximate surface area is 128 Å². The third kappa shape index (κ3) is 4.06. The van der Waals surface area contributed by atoms with E-state index in [1.807, 2.05) is 11.3 Å². The summed E-state index contributed by atoms with van der Waals surface area (Å²) in [6, 6.07) is 2.42. The van der Waals surface area contributed by atoms with Crippen LogP contribution in [-0.2, 0) is 13.1 Å². The van der Waals surface area contributed by atoms with E-state index in [-0.39, 0.29) is 0 Å². The third-order valence-corrected chi connectivity index (χ3v) is 5.45. The predicted octanol–water partition coefficient (Wildman–Crippen LogP) is 4.18. The van der Waals surface area contributed by atoms with E-state index in [1.54, 1.807) is 0 Å². The second kappa shape index (κ2) is 6.59. The summed E-state index contributed by atoms with van der Waals surface area (Å²) < 4.78 is 0. The highest BCUT2D eigenvalue weighted by Crippen LogP contribution is 2.32. The van der Waals surface area contributed by atoms with Gasteiger partial charge in [-0.1, -0.05) is 13.8 Å². The Morgan fingerprint density at radius 3 is 2.75 bits per heavy atom. The van der Waals surface area contributed by atoms with E-state index in [0.717, 1.165) is 25.6 Å². The molecule has 1 aromatic heterocycles. The summed E-state index contributed by atoms with van der Waals surface area (Å²) in [6.45, 7) is 16.1. The summed E-state index contributed by atoms with van der Waals surface area (Å²) in [7, 11) is 0. The van der Waals surface area contributed by atoms with Crippen molar-refractivity contribution in [3.63, 3.8) is 0 Å². The molecule has 2 nitrogen and oxygen atoms in total. The first-order chi connectivity index (χ1) is 9.38. The van der Waals surface area contributed by atoms with Gasteiger partial charge < -0.3 is 5.32 Å². The lowest BCUT2D eigenvalue weighted by molar-refractivity contribution is 0.166. The molecular formula is C17H30N2S. The second-order valence-electron chi connectivity index (χ2n) is 7.16. The molecule has 0 radical (unpaired) electrons. The molecule has 114 valence electrons. The molecule has 1 N–H and O–H groups in total. The predicted molar refractivity (Wildman–Crippen MR) is 89.3 cm³/mol. The molecular weight excluding hydrogens is 264 g/mol. The zero-order valence-electron chi connectivity index (χ0n) is 13.8. The van der Waals surface area contributed by atoms with Crippen LogP contribution in [0.4, 0.5) is 0 Å². The summed E-state index contributed by atoms with van der Waals surface area (Å²) in [6.07, 6.45) is 2.68. The average Bonchev–Trinajstić information content (AvgIpc) is 2.83. The Morgan fingerprint density at radius 1 is 1.40 bits per heavy atom. The molecule has 0 spiro atoms. The smallest absolute Gasteiger partial charge is 0.0300 e.